The summed E-state index contributed by atoms with van der Waals surface area (Å²) < 4.78 is 0. The first kappa shape index (κ1) is 14.3. The average Bonchev–Trinajstić information content (AvgIpc) is 2.53. The molecule has 1 heteroatoms. The highest BCUT2D eigenvalue weighted by Crippen LogP contribution is 2.15. The van der Waals surface area contributed by atoms with E-state index in [1.165, 1.54) is 0 Å². The second-order valence-electron chi connectivity index (χ2n) is 4.65. The highest BCUT2D eigenvalue weighted by atomic mass is 14.8. The molecule has 0 aliphatic carbocycles. The first-order chi connectivity index (χ1) is 9.85. The van der Waals surface area contributed by atoms with Crippen molar-refractivity contribution >= 4 is 5.71 Å². The Labute approximate surface area is 121 Å². The fraction of sp³-hybridized carbons (Fsp3) is 0.211. The van der Waals surface area contributed by atoms with E-state index >= 15 is 0 Å². The second kappa shape index (κ2) is 7.44. The van der Waals surface area contributed by atoms with Crippen molar-refractivity contribution in [3.8, 4) is 0 Å². The summed E-state index contributed by atoms with van der Waals surface area (Å²) >= 11 is 0. The zero-order valence-electron chi connectivity index (χ0n) is 12.2. The van der Waals surface area contributed by atoms with Crippen LogP contribution in [0.2, 0.25) is 0 Å². The minimum absolute atomic E-state index is 0.955. The van der Waals surface area contributed by atoms with Gasteiger partial charge in [0.05, 0.1) is 5.71 Å². The Hall–Kier alpha value is -2.15. The van der Waals surface area contributed by atoms with Gasteiger partial charge in [-0.3, -0.25) is 4.99 Å². The van der Waals surface area contributed by atoms with Crippen molar-refractivity contribution in [2.45, 2.75) is 26.7 Å². The van der Waals surface area contributed by atoms with Gasteiger partial charge in [-0.2, -0.15) is 0 Å². The van der Waals surface area contributed by atoms with Crippen LogP contribution >= 0.6 is 0 Å². The van der Waals surface area contributed by atoms with E-state index in [1.54, 1.807) is 0 Å². The maximum absolute atomic E-state index is 4.90. The molecule has 0 spiro atoms. The van der Waals surface area contributed by atoms with Crippen LogP contribution in [-0.4, -0.2) is 5.71 Å². The quantitative estimate of drug-likeness (QED) is 0.655. The van der Waals surface area contributed by atoms with Crippen molar-refractivity contribution in [2.75, 3.05) is 0 Å². The number of hydrogen-bond acceptors (Lipinski definition) is 1. The van der Waals surface area contributed by atoms with E-state index in [2.05, 4.69) is 68.5 Å². The third-order valence-electron chi connectivity index (χ3n) is 3.15. The Bertz CT molecular complexity index is 538. The van der Waals surface area contributed by atoms with E-state index in [1.807, 2.05) is 12.1 Å². The van der Waals surface area contributed by atoms with Crippen LogP contribution in [-0.2, 0) is 0 Å². The Balaban J connectivity index is 2.51. The van der Waals surface area contributed by atoms with E-state index in [9.17, 15) is 0 Å². The summed E-state index contributed by atoms with van der Waals surface area (Å²) in [6, 6.07) is 20.8. The first-order valence-corrected chi connectivity index (χ1v) is 7.23. The normalized spacial score (nSPS) is 11.2. The molecule has 20 heavy (non-hydrogen) atoms. The van der Waals surface area contributed by atoms with Crippen molar-refractivity contribution < 1.29 is 0 Å². The van der Waals surface area contributed by atoms with Gasteiger partial charge < -0.3 is 0 Å². The van der Waals surface area contributed by atoms with Crippen molar-refractivity contribution in [1.82, 2.24) is 0 Å². The molecule has 2 aromatic carbocycles. The number of rotatable bonds is 5. The van der Waals surface area contributed by atoms with Crippen LogP contribution in [0.4, 0.5) is 0 Å². The summed E-state index contributed by atoms with van der Waals surface area (Å²) in [5.74, 6) is 0. The van der Waals surface area contributed by atoms with Gasteiger partial charge in [0, 0.05) is 16.8 Å². The van der Waals surface area contributed by atoms with Gasteiger partial charge in [-0.05, 0) is 12.8 Å². The molecule has 0 heterocycles. The molecule has 1 nitrogen and oxygen atoms in total. The summed E-state index contributed by atoms with van der Waals surface area (Å²) in [4.78, 5) is 4.90. The topological polar surface area (TPSA) is 12.4 Å². The van der Waals surface area contributed by atoms with E-state index in [4.69, 9.17) is 4.99 Å². The van der Waals surface area contributed by atoms with Crippen LogP contribution in [0.25, 0.3) is 0 Å². The summed E-state index contributed by atoms with van der Waals surface area (Å²) in [5, 5.41) is 0. The molecule has 0 saturated heterocycles. The van der Waals surface area contributed by atoms with Crippen LogP contribution in [0.15, 0.2) is 77.4 Å². The monoisotopic (exact) mass is 263 g/mol. The average molecular weight is 263 g/mol. The third-order valence-corrected chi connectivity index (χ3v) is 3.15. The summed E-state index contributed by atoms with van der Waals surface area (Å²) in [6.45, 7) is 4.30. The molecule has 102 valence electrons. The van der Waals surface area contributed by atoms with Crippen LogP contribution in [0.1, 0.15) is 37.8 Å². The number of allylic oxidation sites excluding steroid dienone is 2. The van der Waals surface area contributed by atoms with E-state index in [0.717, 1.165) is 35.4 Å². The van der Waals surface area contributed by atoms with Crippen molar-refractivity contribution in [2.24, 2.45) is 4.99 Å². The second-order valence-corrected chi connectivity index (χ2v) is 4.65. The molecule has 0 saturated carbocycles. The maximum atomic E-state index is 4.90. The van der Waals surface area contributed by atoms with Gasteiger partial charge in [-0.25, -0.2) is 0 Å². The maximum Gasteiger partial charge on any atom is 0.0777 e. The lowest BCUT2D eigenvalue weighted by Gasteiger charge is -2.08. The Morgan fingerprint density at radius 3 is 1.75 bits per heavy atom. The van der Waals surface area contributed by atoms with Crippen LogP contribution in [0.5, 0.6) is 0 Å². The van der Waals surface area contributed by atoms with Gasteiger partial charge in [-0.1, -0.05) is 80.6 Å². The molecule has 0 aliphatic rings. The number of nitrogens with zero attached hydrogens (tertiary/aromatic N) is 1. The van der Waals surface area contributed by atoms with Crippen LogP contribution in [0.3, 0.4) is 0 Å². The van der Waals surface area contributed by atoms with Crippen molar-refractivity contribution in [1.29, 1.82) is 0 Å². The number of hydrogen-bond donors (Lipinski definition) is 0. The van der Waals surface area contributed by atoms with E-state index in [-0.39, 0.29) is 0 Å². The lowest BCUT2D eigenvalue weighted by atomic mass is 10.0. The fourth-order valence-electron chi connectivity index (χ4n) is 2.14. The Kier molecular flexibility index (Phi) is 5.31. The smallest absolute Gasteiger partial charge is 0.0777 e. The lowest BCUT2D eigenvalue weighted by molar-refractivity contribution is 1.03. The third kappa shape index (κ3) is 3.67. The lowest BCUT2D eigenvalue weighted by Crippen LogP contribution is -2.03. The SMILES string of the molecule is CC/C=C(/CC)N=C(c1ccccc1)c1ccccc1. The largest absolute Gasteiger partial charge is 0.253 e. The number of benzene rings is 2. The number of aliphatic imine (C=N–C) groups is 1. The van der Waals surface area contributed by atoms with Gasteiger partial charge in [-0.15, -0.1) is 0 Å². The summed E-state index contributed by atoms with van der Waals surface area (Å²) in [7, 11) is 0. The van der Waals surface area contributed by atoms with Gasteiger partial charge in [0.15, 0.2) is 0 Å². The molecule has 0 unspecified atom stereocenters. The molecule has 0 N–H and O–H groups in total. The minimum atomic E-state index is 0.955. The zero-order chi connectivity index (χ0) is 14.2. The Morgan fingerprint density at radius 2 is 1.35 bits per heavy atom. The van der Waals surface area contributed by atoms with Crippen LogP contribution < -0.4 is 0 Å². The van der Waals surface area contributed by atoms with E-state index < -0.39 is 0 Å². The minimum Gasteiger partial charge on any atom is -0.253 e. The van der Waals surface area contributed by atoms with Crippen molar-refractivity contribution in [3.05, 3.63) is 83.6 Å². The Morgan fingerprint density at radius 1 is 0.850 bits per heavy atom. The molecule has 0 amide bonds. The highest BCUT2D eigenvalue weighted by Gasteiger charge is 2.06. The first-order valence-electron chi connectivity index (χ1n) is 7.23. The fourth-order valence-corrected chi connectivity index (χ4v) is 2.14. The molecule has 0 aromatic heterocycles. The van der Waals surface area contributed by atoms with Crippen molar-refractivity contribution in [3.63, 3.8) is 0 Å². The zero-order valence-corrected chi connectivity index (χ0v) is 12.2. The molecule has 0 bridgehead atoms. The van der Waals surface area contributed by atoms with Gasteiger partial charge in [0.25, 0.3) is 0 Å². The van der Waals surface area contributed by atoms with Gasteiger partial charge in [0.2, 0.25) is 0 Å². The summed E-state index contributed by atoms with van der Waals surface area (Å²) in [5.41, 5.74) is 4.52. The van der Waals surface area contributed by atoms with Crippen LogP contribution in [0, 0.1) is 0 Å². The highest BCUT2D eigenvalue weighted by molar-refractivity contribution is 6.13. The molecule has 0 atom stereocenters. The summed E-state index contributed by atoms with van der Waals surface area (Å²) in [6.07, 6.45) is 4.17. The van der Waals surface area contributed by atoms with E-state index in [0.29, 0.717) is 0 Å². The molecule has 2 rings (SSSR count). The molecular weight excluding hydrogens is 242 g/mol. The molecular formula is C19H21N. The molecule has 0 fully saturated rings. The molecule has 2 aromatic rings. The molecule has 0 aliphatic heterocycles. The van der Waals surface area contributed by atoms with Gasteiger partial charge in [0.1, 0.15) is 0 Å². The standard InChI is InChI=1S/C19H21N/c1-3-11-18(4-2)20-19(16-12-7-5-8-13-16)17-14-9-6-10-15-17/h5-15H,3-4H2,1-2H3/b18-11-. The molecule has 0 radical (unpaired) electrons. The predicted octanol–water partition coefficient (Wildman–Crippen LogP) is 5.23. The predicted molar refractivity (Wildman–Crippen MR) is 87.2 cm³/mol. The van der Waals surface area contributed by atoms with Gasteiger partial charge >= 0.3 is 0 Å².